The minimum absolute atomic E-state index is 0.138. The fraction of sp³-hybridized carbons (Fsp3) is 0.875. The lowest BCUT2D eigenvalue weighted by Gasteiger charge is -2.13. The van der Waals surface area contributed by atoms with Crippen LogP contribution in [0.25, 0.3) is 0 Å². The summed E-state index contributed by atoms with van der Waals surface area (Å²) in [6.45, 7) is 1.62. The molecule has 0 bridgehead atoms. The van der Waals surface area contributed by atoms with Gasteiger partial charge in [0.2, 0.25) is 0 Å². The minimum Gasteiger partial charge on any atom is -0.313 e. The standard InChI is InChI=1S/C8H14N2O2S/c1-2-13(11,12)7-3-4-8(10,5-7)6-9/h7H,2-5,10H2,1H3. The zero-order chi connectivity index (χ0) is 10.1. The molecule has 2 unspecified atom stereocenters. The first kappa shape index (κ1) is 10.5. The summed E-state index contributed by atoms with van der Waals surface area (Å²) in [5.74, 6) is 0.138. The van der Waals surface area contributed by atoms with E-state index in [9.17, 15) is 8.42 Å². The topological polar surface area (TPSA) is 83.9 Å². The predicted octanol–water partition coefficient (Wildman–Crippen LogP) is 0.195. The molecular formula is C8H14N2O2S. The highest BCUT2D eigenvalue weighted by molar-refractivity contribution is 7.92. The average molecular weight is 202 g/mol. The van der Waals surface area contributed by atoms with Crippen molar-refractivity contribution in [2.45, 2.75) is 37.0 Å². The summed E-state index contributed by atoms with van der Waals surface area (Å²) in [6, 6.07) is 1.98. The van der Waals surface area contributed by atoms with E-state index in [0.29, 0.717) is 19.3 Å². The Balaban J connectivity index is 2.78. The first-order valence-electron chi connectivity index (χ1n) is 4.35. The van der Waals surface area contributed by atoms with E-state index in [0.717, 1.165) is 0 Å². The smallest absolute Gasteiger partial charge is 0.153 e. The number of nitriles is 1. The predicted molar refractivity (Wildman–Crippen MR) is 49.6 cm³/mol. The molecule has 1 fully saturated rings. The molecule has 0 radical (unpaired) electrons. The van der Waals surface area contributed by atoms with Crippen molar-refractivity contribution in [1.82, 2.24) is 0 Å². The van der Waals surface area contributed by atoms with Crippen molar-refractivity contribution in [3.05, 3.63) is 0 Å². The van der Waals surface area contributed by atoms with E-state index in [2.05, 4.69) is 0 Å². The number of nitrogens with zero attached hydrogens (tertiary/aromatic N) is 1. The number of sulfone groups is 1. The van der Waals surface area contributed by atoms with Crippen molar-refractivity contribution in [1.29, 1.82) is 5.26 Å². The third-order valence-electron chi connectivity index (χ3n) is 2.64. The van der Waals surface area contributed by atoms with Crippen molar-refractivity contribution in [3.8, 4) is 6.07 Å². The lowest BCUT2D eigenvalue weighted by molar-refractivity contribution is 0.553. The Labute approximate surface area is 78.6 Å². The van der Waals surface area contributed by atoms with Crippen LogP contribution < -0.4 is 5.73 Å². The van der Waals surface area contributed by atoms with Crippen molar-refractivity contribution in [2.75, 3.05) is 5.75 Å². The van der Waals surface area contributed by atoms with Gasteiger partial charge in [-0.1, -0.05) is 6.92 Å². The molecule has 0 aliphatic heterocycles. The van der Waals surface area contributed by atoms with E-state index in [1.165, 1.54) is 0 Å². The SMILES string of the molecule is CCS(=O)(=O)C1CCC(N)(C#N)C1. The van der Waals surface area contributed by atoms with Gasteiger partial charge in [0.25, 0.3) is 0 Å². The molecule has 1 rings (SSSR count). The van der Waals surface area contributed by atoms with Crippen LogP contribution >= 0.6 is 0 Å². The van der Waals surface area contributed by atoms with Gasteiger partial charge in [-0.05, 0) is 19.3 Å². The Morgan fingerprint density at radius 3 is 2.69 bits per heavy atom. The van der Waals surface area contributed by atoms with Crippen molar-refractivity contribution < 1.29 is 8.42 Å². The summed E-state index contributed by atoms with van der Waals surface area (Å²) in [5.41, 5.74) is 4.76. The maximum atomic E-state index is 11.4. The van der Waals surface area contributed by atoms with Crippen molar-refractivity contribution >= 4 is 9.84 Å². The van der Waals surface area contributed by atoms with Gasteiger partial charge in [0.15, 0.2) is 9.84 Å². The number of rotatable bonds is 2. The van der Waals surface area contributed by atoms with E-state index in [-0.39, 0.29) is 5.75 Å². The maximum absolute atomic E-state index is 11.4. The van der Waals surface area contributed by atoms with Gasteiger partial charge in [-0.25, -0.2) is 8.42 Å². The van der Waals surface area contributed by atoms with Crippen LogP contribution in [-0.2, 0) is 9.84 Å². The molecule has 4 nitrogen and oxygen atoms in total. The molecule has 0 aromatic carbocycles. The van der Waals surface area contributed by atoms with Gasteiger partial charge in [0.1, 0.15) is 5.54 Å². The second-order valence-corrected chi connectivity index (χ2v) is 6.15. The fourth-order valence-corrected chi connectivity index (χ4v) is 3.17. The molecule has 1 saturated carbocycles. The van der Waals surface area contributed by atoms with E-state index in [4.69, 9.17) is 11.0 Å². The third-order valence-corrected chi connectivity index (χ3v) is 4.86. The summed E-state index contributed by atoms with van der Waals surface area (Å²) < 4.78 is 22.9. The molecule has 0 spiro atoms. The Kier molecular flexibility index (Phi) is 2.64. The highest BCUT2D eigenvalue weighted by Gasteiger charge is 2.41. The quantitative estimate of drug-likeness (QED) is 0.693. The van der Waals surface area contributed by atoms with E-state index in [1.54, 1.807) is 6.92 Å². The molecule has 2 N–H and O–H groups in total. The molecule has 1 aliphatic carbocycles. The van der Waals surface area contributed by atoms with Gasteiger partial charge in [-0.15, -0.1) is 0 Å². The van der Waals surface area contributed by atoms with Crippen LogP contribution in [0.2, 0.25) is 0 Å². The van der Waals surface area contributed by atoms with E-state index < -0.39 is 20.6 Å². The Hall–Kier alpha value is -0.600. The number of hydrogen-bond donors (Lipinski definition) is 1. The van der Waals surface area contributed by atoms with Gasteiger partial charge in [-0.3, -0.25) is 0 Å². The summed E-state index contributed by atoms with van der Waals surface area (Å²) in [6.07, 6.45) is 1.31. The van der Waals surface area contributed by atoms with Crippen LogP contribution in [0.5, 0.6) is 0 Å². The Bertz CT molecular complexity index is 331. The van der Waals surface area contributed by atoms with Crippen LogP contribution in [-0.4, -0.2) is 25.0 Å². The molecule has 0 aromatic rings. The molecular weight excluding hydrogens is 188 g/mol. The molecule has 13 heavy (non-hydrogen) atoms. The van der Waals surface area contributed by atoms with Crippen LogP contribution in [0.3, 0.4) is 0 Å². The molecule has 0 amide bonds. The van der Waals surface area contributed by atoms with Crippen LogP contribution in [0, 0.1) is 11.3 Å². The summed E-state index contributed by atoms with van der Waals surface area (Å²) >= 11 is 0. The number of nitrogens with two attached hydrogens (primary N) is 1. The van der Waals surface area contributed by atoms with Crippen molar-refractivity contribution in [3.63, 3.8) is 0 Å². The molecule has 5 heteroatoms. The van der Waals surface area contributed by atoms with Gasteiger partial charge < -0.3 is 5.73 Å². The first-order chi connectivity index (χ1) is 5.93. The monoisotopic (exact) mass is 202 g/mol. The second kappa shape index (κ2) is 3.28. The molecule has 0 aromatic heterocycles. The molecule has 2 atom stereocenters. The second-order valence-electron chi connectivity index (χ2n) is 3.58. The molecule has 0 heterocycles. The van der Waals surface area contributed by atoms with Crippen molar-refractivity contribution in [2.24, 2.45) is 5.73 Å². The van der Waals surface area contributed by atoms with Crippen LogP contribution in [0.15, 0.2) is 0 Å². The Morgan fingerprint density at radius 2 is 2.31 bits per heavy atom. The number of hydrogen-bond acceptors (Lipinski definition) is 4. The Morgan fingerprint density at radius 1 is 1.69 bits per heavy atom. The van der Waals surface area contributed by atoms with Gasteiger partial charge in [0, 0.05) is 5.75 Å². The highest BCUT2D eigenvalue weighted by atomic mass is 32.2. The molecule has 0 saturated heterocycles. The van der Waals surface area contributed by atoms with Gasteiger partial charge >= 0.3 is 0 Å². The lowest BCUT2D eigenvalue weighted by Crippen LogP contribution is -2.36. The van der Waals surface area contributed by atoms with Crippen LogP contribution in [0.4, 0.5) is 0 Å². The normalized spacial score (nSPS) is 34.4. The molecule has 1 aliphatic rings. The zero-order valence-electron chi connectivity index (χ0n) is 7.66. The fourth-order valence-electron chi connectivity index (χ4n) is 1.67. The largest absolute Gasteiger partial charge is 0.313 e. The summed E-state index contributed by atoms with van der Waals surface area (Å²) in [5, 5.41) is 8.31. The first-order valence-corrected chi connectivity index (χ1v) is 6.07. The maximum Gasteiger partial charge on any atom is 0.153 e. The third kappa shape index (κ3) is 2.01. The minimum atomic E-state index is -3.01. The summed E-state index contributed by atoms with van der Waals surface area (Å²) in [7, 11) is -3.01. The zero-order valence-corrected chi connectivity index (χ0v) is 8.47. The van der Waals surface area contributed by atoms with Gasteiger partial charge in [-0.2, -0.15) is 5.26 Å². The van der Waals surface area contributed by atoms with Gasteiger partial charge in [0.05, 0.1) is 11.3 Å². The average Bonchev–Trinajstić information content (AvgIpc) is 2.50. The molecule has 74 valence electrons. The highest BCUT2D eigenvalue weighted by Crippen LogP contribution is 2.31. The summed E-state index contributed by atoms with van der Waals surface area (Å²) in [4.78, 5) is 0. The van der Waals surface area contributed by atoms with E-state index >= 15 is 0 Å². The van der Waals surface area contributed by atoms with E-state index in [1.807, 2.05) is 6.07 Å². The lowest BCUT2D eigenvalue weighted by atomic mass is 10.0. The van der Waals surface area contributed by atoms with Crippen LogP contribution in [0.1, 0.15) is 26.2 Å².